The highest BCUT2D eigenvalue weighted by Crippen LogP contribution is 2.39. The number of hydrogen-bond acceptors (Lipinski definition) is 4. The molecule has 108 valence electrons. The van der Waals surface area contributed by atoms with Crippen molar-refractivity contribution in [1.29, 1.82) is 0 Å². The van der Waals surface area contributed by atoms with Crippen molar-refractivity contribution in [2.75, 3.05) is 6.79 Å². The largest absolute Gasteiger partial charge is 0.454 e. The van der Waals surface area contributed by atoms with Crippen molar-refractivity contribution < 1.29 is 14.3 Å². The lowest BCUT2D eigenvalue weighted by Gasteiger charge is -2.04. The minimum absolute atomic E-state index is 0.171. The van der Waals surface area contributed by atoms with E-state index in [1.165, 1.54) is 12.8 Å². The van der Waals surface area contributed by atoms with Crippen LogP contribution in [0.4, 0.5) is 0 Å². The number of rotatable bonds is 4. The van der Waals surface area contributed by atoms with E-state index in [0.29, 0.717) is 18.2 Å². The van der Waals surface area contributed by atoms with Crippen molar-refractivity contribution in [3.8, 4) is 11.5 Å². The monoisotopic (exact) mass is 285 g/mol. The fourth-order valence-corrected chi connectivity index (χ4v) is 2.38. The fraction of sp³-hybridized carbons (Fsp3) is 0.333. The Labute approximate surface area is 121 Å². The molecule has 21 heavy (non-hydrogen) atoms. The molecule has 2 N–H and O–H groups in total. The lowest BCUT2D eigenvalue weighted by atomic mass is 10.2. The Bertz CT molecular complexity index is 691. The number of carbonyl (C=O) groups is 1. The van der Waals surface area contributed by atoms with Crippen LogP contribution in [0.2, 0.25) is 0 Å². The number of amides is 1. The van der Waals surface area contributed by atoms with E-state index < -0.39 is 0 Å². The standard InChI is InChI=1S/C15H15N3O3/c19-15(12-6-11(17-18-12)10-2-3-10)16-7-9-1-4-13-14(5-9)21-8-20-13/h1,4-6,10H,2-3,7-8H2,(H,16,19)(H,17,18). The van der Waals surface area contributed by atoms with Gasteiger partial charge in [0.1, 0.15) is 5.69 Å². The molecule has 1 aliphatic heterocycles. The van der Waals surface area contributed by atoms with Gasteiger partial charge in [0.05, 0.1) is 0 Å². The van der Waals surface area contributed by atoms with Crippen molar-refractivity contribution >= 4 is 5.91 Å². The van der Waals surface area contributed by atoms with Gasteiger partial charge in [-0.3, -0.25) is 9.89 Å². The van der Waals surface area contributed by atoms with Gasteiger partial charge < -0.3 is 14.8 Å². The van der Waals surface area contributed by atoms with Gasteiger partial charge in [-0.1, -0.05) is 6.07 Å². The summed E-state index contributed by atoms with van der Waals surface area (Å²) in [7, 11) is 0. The summed E-state index contributed by atoms with van der Waals surface area (Å²) in [5.41, 5.74) is 2.46. The van der Waals surface area contributed by atoms with Gasteiger partial charge in [0.15, 0.2) is 11.5 Å². The predicted molar refractivity (Wildman–Crippen MR) is 74.3 cm³/mol. The summed E-state index contributed by atoms with van der Waals surface area (Å²) in [4.78, 5) is 12.1. The molecule has 0 unspecified atom stereocenters. The van der Waals surface area contributed by atoms with E-state index in [9.17, 15) is 4.79 Å². The molecule has 0 saturated heterocycles. The maximum atomic E-state index is 12.1. The summed E-state index contributed by atoms with van der Waals surface area (Å²) < 4.78 is 10.6. The summed E-state index contributed by atoms with van der Waals surface area (Å²) in [6.45, 7) is 0.684. The fourth-order valence-electron chi connectivity index (χ4n) is 2.38. The first-order valence-electron chi connectivity index (χ1n) is 7.01. The van der Waals surface area contributed by atoms with Gasteiger partial charge in [-0.2, -0.15) is 5.10 Å². The quantitative estimate of drug-likeness (QED) is 0.900. The molecule has 0 atom stereocenters. The molecule has 6 heteroatoms. The third-order valence-corrected chi connectivity index (χ3v) is 3.74. The maximum absolute atomic E-state index is 12.1. The van der Waals surface area contributed by atoms with E-state index in [4.69, 9.17) is 9.47 Å². The van der Waals surface area contributed by atoms with Gasteiger partial charge in [0, 0.05) is 18.2 Å². The highest BCUT2D eigenvalue weighted by Gasteiger charge is 2.26. The highest BCUT2D eigenvalue weighted by atomic mass is 16.7. The topological polar surface area (TPSA) is 76.2 Å². The summed E-state index contributed by atoms with van der Waals surface area (Å²) in [5, 5.41) is 9.86. The molecule has 1 aromatic carbocycles. The minimum Gasteiger partial charge on any atom is -0.454 e. The lowest BCUT2D eigenvalue weighted by Crippen LogP contribution is -2.23. The second kappa shape index (κ2) is 4.80. The number of nitrogens with one attached hydrogen (secondary N) is 2. The van der Waals surface area contributed by atoms with Crippen molar-refractivity contribution in [2.45, 2.75) is 25.3 Å². The first-order valence-corrected chi connectivity index (χ1v) is 7.01. The number of ether oxygens (including phenoxy) is 2. The zero-order valence-electron chi connectivity index (χ0n) is 11.4. The second-order valence-corrected chi connectivity index (χ2v) is 5.35. The van der Waals surface area contributed by atoms with Gasteiger partial charge in [-0.15, -0.1) is 0 Å². The Morgan fingerprint density at radius 1 is 1.29 bits per heavy atom. The van der Waals surface area contributed by atoms with Gasteiger partial charge >= 0.3 is 0 Å². The van der Waals surface area contributed by atoms with Gasteiger partial charge in [0.25, 0.3) is 5.91 Å². The molecule has 0 spiro atoms. The van der Waals surface area contributed by atoms with Crippen LogP contribution in [0.25, 0.3) is 0 Å². The average Bonchev–Trinajstić information content (AvgIpc) is 3.05. The molecule has 0 bridgehead atoms. The molecule has 0 radical (unpaired) electrons. The molecular weight excluding hydrogens is 270 g/mol. The highest BCUT2D eigenvalue weighted by molar-refractivity contribution is 5.92. The lowest BCUT2D eigenvalue weighted by molar-refractivity contribution is 0.0946. The van der Waals surface area contributed by atoms with Crippen LogP contribution in [0.1, 0.15) is 40.5 Å². The normalized spacial score (nSPS) is 16.0. The second-order valence-electron chi connectivity index (χ2n) is 5.35. The van der Waals surface area contributed by atoms with Crippen LogP contribution in [-0.4, -0.2) is 22.9 Å². The minimum atomic E-state index is -0.171. The van der Waals surface area contributed by atoms with Crippen molar-refractivity contribution in [3.63, 3.8) is 0 Å². The molecule has 1 saturated carbocycles. The van der Waals surface area contributed by atoms with Crippen LogP contribution in [-0.2, 0) is 6.54 Å². The Kier molecular flexibility index (Phi) is 2.80. The SMILES string of the molecule is O=C(NCc1ccc2c(c1)OCO2)c1cc(C2CC2)[nH]n1. The Hall–Kier alpha value is -2.50. The zero-order chi connectivity index (χ0) is 14.2. The summed E-state index contributed by atoms with van der Waals surface area (Å²) in [6, 6.07) is 7.48. The Morgan fingerprint density at radius 2 is 2.14 bits per heavy atom. The third-order valence-electron chi connectivity index (χ3n) is 3.74. The van der Waals surface area contributed by atoms with E-state index in [1.807, 2.05) is 24.3 Å². The number of aromatic amines is 1. The van der Waals surface area contributed by atoms with Crippen LogP contribution < -0.4 is 14.8 Å². The van der Waals surface area contributed by atoms with E-state index in [-0.39, 0.29) is 12.7 Å². The van der Waals surface area contributed by atoms with Crippen LogP contribution in [0.5, 0.6) is 11.5 Å². The molecular formula is C15H15N3O3. The number of nitrogens with zero attached hydrogens (tertiary/aromatic N) is 1. The van der Waals surface area contributed by atoms with E-state index >= 15 is 0 Å². The smallest absolute Gasteiger partial charge is 0.272 e. The number of benzene rings is 1. The number of H-pyrrole nitrogens is 1. The number of hydrogen-bond donors (Lipinski definition) is 2. The molecule has 2 aromatic rings. The zero-order valence-corrected chi connectivity index (χ0v) is 11.4. The van der Waals surface area contributed by atoms with Crippen molar-refractivity contribution in [2.24, 2.45) is 0 Å². The molecule has 1 amide bonds. The maximum Gasteiger partial charge on any atom is 0.272 e. The van der Waals surface area contributed by atoms with Gasteiger partial charge in [-0.05, 0) is 36.6 Å². The molecule has 2 aliphatic rings. The van der Waals surface area contributed by atoms with E-state index in [2.05, 4.69) is 15.5 Å². The molecule has 1 aromatic heterocycles. The Balaban J connectivity index is 1.40. The molecule has 6 nitrogen and oxygen atoms in total. The van der Waals surface area contributed by atoms with Gasteiger partial charge in [0.2, 0.25) is 6.79 Å². The molecule has 4 rings (SSSR count). The summed E-state index contributed by atoms with van der Waals surface area (Å²) in [6.07, 6.45) is 2.36. The number of fused-ring (bicyclic) bond motifs is 1. The third kappa shape index (κ3) is 2.44. The number of carbonyl (C=O) groups excluding carboxylic acids is 1. The van der Waals surface area contributed by atoms with Gasteiger partial charge in [-0.25, -0.2) is 0 Å². The average molecular weight is 285 g/mol. The van der Waals surface area contributed by atoms with E-state index in [0.717, 1.165) is 22.8 Å². The van der Waals surface area contributed by atoms with Crippen LogP contribution in [0.3, 0.4) is 0 Å². The molecule has 2 heterocycles. The number of aromatic nitrogens is 2. The first-order chi connectivity index (χ1) is 10.3. The predicted octanol–water partition coefficient (Wildman–Crippen LogP) is 1.95. The van der Waals surface area contributed by atoms with Crippen LogP contribution in [0.15, 0.2) is 24.3 Å². The van der Waals surface area contributed by atoms with Crippen LogP contribution in [0, 0.1) is 0 Å². The Morgan fingerprint density at radius 3 is 3.00 bits per heavy atom. The van der Waals surface area contributed by atoms with Crippen molar-refractivity contribution in [3.05, 3.63) is 41.2 Å². The van der Waals surface area contributed by atoms with E-state index in [1.54, 1.807) is 0 Å². The molecule has 1 aliphatic carbocycles. The molecule has 1 fully saturated rings. The summed E-state index contributed by atoms with van der Waals surface area (Å²) in [5.74, 6) is 1.85. The summed E-state index contributed by atoms with van der Waals surface area (Å²) >= 11 is 0. The van der Waals surface area contributed by atoms with Crippen molar-refractivity contribution in [1.82, 2.24) is 15.5 Å². The first kappa shape index (κ1) is 12.3. The van der Waals surface area contributed by atoms with Crippen LogP contribution >= 0.6 is 0 Å².